The number of aliphatic carboxylic acids is 1. The molecule has 0 aliphatic rings. The molecule has 0 aromatic rings. The molecule has 0 heterocycles. The van der Waals surface area contributed by atoms with Gasteiger partial charge in [-0.15, -0.1) is 0 Å². The molecule has 0 atom stereocenters. The normalized spacial score (nSPS) is 22.6. The maximum Gasteiger partial charge on any atom is 0.303 e. The summed E-state index contributed by atoms with van der Waals surface area (Å²) in [5.74, 6) is -2.10. The first-order valence-corrected chi connectivity index (χ1v) is 1.38. The van der Waals surface area contributed by atoms with Crippen LogP contribution in [0, 0.1) is 0 Å². The van der Waals surface area contributed by atoms with Crippen LogP contribution in [0.3, 0.4) is 0 Å². The lowest BCUT2D eigenvalue weighted by Crippen LogP contribution is -1.93. The maximum absolute atomic E-state index is 10.2. The van der Waals surface area contributed by atoms with Gasteiger partial charge in [-0.1, -0.05) is 0 Å². The second kappa shape index (κ2) is 3.33. The van der Waals surface area contributed by atoms with E-state index in [1.807, 2.05) is 0 Å². The third kappa shape index (κ3) is 5.14. The summed E-state index contributed by atoms with van der Waals surface area (Å²) in [5.41, 5.74) is 0. The van der Waals surface area contributed by atoms with Crippen molar-refractivity contribution >= 4 is 12.2 Å². The molecule has 0 saturated carbocycles. The van der Waals surface area contributed by atoms with E-state index in [-0.39, 0.29) is 0 Å². The first-order valence-electron chi connectivity index (χ1n) is 3.88. The van der Waals surface area contributed by atoms with E-state index in [1.54, 1.807) is 0 Å². The lowest BCUT2D eigenvalue weighted by molar-refractivity contribution is -0.137. The average Bonchev–Trinajstić information content (AvgIpc) is 1.86. The highest BCUT2D eigenvalue weighted by molar-refractivity contribution is 5.70. The molecule has 3 nitrogen and oxygen atoms in total. The predicted octanol–water partition coefficient (Wildman–Crippen LogP) is 0.0501. The standard InChI is InChI=1S/C4H6O3/c5-3-1-2-4(6)7/h3H,1-2H2,(H,6,7)/i1D2,2D2,3D. The SMILES string of the molecule is [2H]C(=O)C([2H])([2H])C([2H])([2H])C(=O)O. The van der Waals surface area contributed by atoms with Crippen molar-refractivity contribution in [2.24, 2.45) is 0 Å². The van der Waals surface area contributed by atoms with Gasteiger partial charge in [-0.3, -0.25) is 4.79 Å². The smallest absolute Gasteiger partial charge is 0.303 e. The minimum Gasteiger partial charge on any atom is -0.481 e. The molecule has 0 spiro atoms. The molecule has 0 unspecified atom stereocenters. The summed E-state index contributed by atoms with van der Waals surface area (Å²) in [5, 5.41) is 8.18. The van der Waals surface area contributed by atoms with Crippen molar-refractivity contribution in [3.63, 3.8) is 0 Å². The van der Waals surface area contributed by atoms with Gasteiger partial charge in [-0.25, -0.2) is 0 Å². The van der Waals surface area contributed by atoms with Crippen molar-refractivity contribution in [3.05, 3.63) is 0 Å². The van der Waals surface area contributed by atoms with Crippen LogP contribution in [0.15, 0.2) is 0 Å². The van der Waals surface area contributed by atoms with Crippen molar-refractivity contribution in [1.82, 2.24) is 0 Å². The van der Waals surface area contributed by atoms with Gasteiger partial charge in [0, 0.05) is 11.9 Å². The zero-order valence-electron chi connectivity index (χ0n) is 8.26. The van der Waals surface area contributed by atoms with Crippen LogP contribution in [-0.2, 0) is 9.59 Å². The highest BCUT2D eigenvalue weighted by Gasteiger charge is 1.91. The molecule has 0 saturated heterocycles. The second-order valence-electron chi connectivity index (χ2n) is 0.657. The summed E-state index contributed by atoms with van der Waals surface area (Å²) in [6.07, 6.45) is -8.58. The number of aldehydes is 1. The van der Waals surface area contributed by atoms with Crippen molar-refractivity contribution in [2.45, 2.75) is 12.7 Å². The monoisotopic (exact) mass is 107 g/mol. The van der Waals surface area contributed by atoms with E-state index < -0.39 is 25.0 Å². The molecule has 1 N–H and O–H groups in total. The van der Waals surface area contributed by atoms with Crippen LogP contribution >= 0.6 is 0 Å². The molecule has 0 aliphatic carbocycles. The highest BCUT2D eigenvalue weighted by atomic mass is 16.4. The number of carbonyl (C=O) groups is 2. The van der Waals surface area contributed by atoms with Gasteiger partial charge < -0.3 is 9.90 Å². The van der Waals surface area contributed by atoms with Crippen LogP contribution in [-0.4, -0.2) is 17.3 Å². The van der Waals surface area contributed by atoms with Crippen LogP contribution in [0.5, 0.6) is 0 Å². The summed E-state index contributed by atoms with van der Waals surface area (Å²) in [6, 6.07) is 0. The number of hydrogen-bond donors (Lipinski definition) is 1. The topological polar surface area (TPSA) is 54.4 Å². The van der Waals surface area contributed by atoms with Crippen LogP contribution < -0.4 is 0 Å². The van der Waals surface area contributed by atoms with Crippen molar-refractivity contribution < 1.29 is 21.5 Å². The van der Waals surface area contributed by atoms with E-state index >= 15 is 0 Å². The van der Waals surface area contributed by atoms with Crippen LogP contribution in [0.1, 0.15) is 19.6 Å². The molecule has 0 radical (unpaired) electrons. The number of hydrogen-bond acceptors (Lipinski definition) is 2. The van der Waals surface area contributed by atoms with Crippen molar-refractivity contribution in [3.8, 4) is 0 Å². The number of carboxylic acid groups (broad SMARTS) is 1. The van der Waals surface area contributed by atoms with E-state index in [2.05, 4.69) is 0 Å². The summed E-state index contributed by atoms with van der Waals surface area (Å²) < 4.78 is 33.0. The van der Waals surface area contributed by atoms with Crippen LogP contribution in [0.4, 0.5) is 0 Å². The van der Waals surface area contributed by atoms with Gasteiger partial charge in [0.15, 0.2) is 0 Å². The van der Waals surface area contributed by atoms with E-state index in [0.29, 0.717) is 0 Å². The molecule has 0 fully saturated rings. The Kier molecular flexibility index (Phi) is 0.752. The Bertz CT molecular complexity index is 199. The molecule has 40 valence electrons. The average molecular weight is 107 g/mol. The van der Waals surface area contributed by atoms with Gasteiger partial charge in [0.05, 0.1) is 6.37 Å². The molecular weight excluding hydrogens is 96.0 g/mol. The summed E-state index contributed by atoms with van der Waals surface area (Å²) >= 11 is 0. The lowest BCUT2D eigenvalue weighted by Gasteiger charge is -1.79. The molecule has 0 aromatic heterocycles. The minimum atomic E-state index is -3.37. The van der Waals surface area contributed by atoms with Gasteiger partial charge in [0.2, 0.25) is 0 Å². The fourth-order valence-corrected chi connectivity index (χ4v) is 0.0790. The Hall–Kier alpha value is -0.860. The van der Waals surface area contributed by atoms with E-state index in [1.165, 1.54) is 0 Å². The molecule has 3 heteroatoms. The molecule has 0 bridgehead atoms. The van der Waals surface area contributed by atoms with Gasteiger partial charge in [0.1, 0.15) is 7.63 Å². The summed E-state index contributed by atoms with van der Waals surface area (Å²) in [6.45, 7) is 0. The van der Waals surface area contributed by atoms with Crippen LogP contribution in [0.25, 0.3) is 0 Å². The maximum atomic E-state index is 10.2. The fraction of sp³-hybridized carbons (Fsp3) is 0.500. The molecule has 0 aliphatic heterocycles. The predicted molar refractivity (Wildman–Crippen MR) is 22.9 cm³/mol. The van der Waals surface area contributed by atoms with Gasteiger partial charge in [0.25, 0.3) is 0 Å². The number of carboxylic acids is 1. The van der Waals surface area contributed by atoms with Crippen molar-refractivity contribution in [2.75, 3.05) is 0 Å². The van der Waals surface area contributed by atoms with E-state index in [4.69, 9.17) is 12.0 Å². The summed E-state index contributed by atoms with van der Waals surface area (Å²) in [4.78, 5) is 20.3. The van der Waals surface area contributed by atoms with Gasteiger partial charge in [-0.05, 0) is 0 Å². The number of carbonyl (C=O) groups excluding carboxylic acids is 1. The quantitative estimate of drug-likeness (QED) is 0.518. The van der Waals surface area contributed by atoms with E-state index in [0.717, 1.165) is 0 Å². The molecular formula is C4H6O3. The van der Waals surface area contributed by atoms with E-state index in [9.17, 15) is 9.59 Å². The zero-order chi connectivity index (χ0) is 10.2. The van der Waals surface area contributed by atoms with Crippen LogP contribution in [0.2, 0.25) is 0 Å². The molecule has 0 aromatic carbocycles. The van der Waals surface area contributed by atoms with Gasteiger partial charge in [-0.2, -0.15) is 0 Å². The van der Waals surface area contributed by atoms with Gasteiger partial charge >= 0.3 is 5.97 Å². The first kappa shape index (κ1) is 1.58. The van der Waals surface area contributed by atoms with Crippen molar-refractivity contribution in [1.29, 1.82) is 0 Å². The Morgan fingerprint density at radius 3 is 2.86 bits per heavy atom. The first-order chi connectivity index (χ1) is 5.14. The zero-order valence-corrected chi connectivity index (χ0v) is 3.26. The molecule has 0 amide bonds. The Morgan fingerprint density at radius 2 is 2.71 bits per heavy atom. The number of rotatable bonds is 3. The largest absolute Gasteiger partial charge is 0.481 e. The minimum absolute atomic E-state index is 1.89. The molecule has 7 heavy (non-hydrogen) atoms. The third-order valence-corrected chi connectivity index (χ3v) is 0.220. The second-order valence-corrected chi connectivity index (χ2v) is 0.657. The Morgan fingerprint density at radius 1 is 2.14 bits per heavy atom. The molecule has 0 rings (SSSR count). The third-order valence-electron chi connectivity index (χ3n) is 0.220. The Balaban J connectivity index is 5.01. The summed E-state index contributed by atoms with van der Waals surface area (Å²) in [7, 11) is 0. The fourth-order valence-electron chi connectivity index (χ4n) is 0.0790. The Labute approximate surface area is 48.0 Å². The highest BCUT2D eigenvalue weighted by Crippen LogP contribution is 1.80. The lowest BCUT2D eigenvalue weighted by atomic mass is 10.3.